The second kappa shape index (κ2) is 5.72. The van der Waals surface area contributed by atoms with Gasteiger partial charge in [0.05, 0.1) is 6.04 Å². The lowest BCUT2D eigenvalue weighted by molar-refractivity contribution is 0.102. The number of guanidine groups is 1. The lowest BCUT2D eigenvalue weighted by Crippen LogP contribution is -2.64. The SMILES string of the molecule is CCCCCC1CC2CCCC3CC(C)NC(=N1)N23. The molecule has 0 aliphatic carbocycles. The minimum Gasteiger partial charge on any atom is -0.354 e. The zero-order valence-electron chi connectivity index (χ0n) is 12.6. The highest BCUT2D eigenvalue weighted by Gasteiger charge is 2.40. The van der Waals surface area contributed by atoms with E-state index in [1.54, 1.807) is 0 Å². The van der Waals surface area contributed by atoms with Gasteiger partial charge in [-0.25, -0.2) is 4.99 Å². The van der Waals surface area contributed by atoms with E-state index in [-0.39, 0.29) is 0 Å². The molecule has 1 N–H and O–H groups in total. The molecule has 0 aromatic heterocycles. The number of rotatable bonds is 4. The summed E-state index contributed by atoms with van der Waals surface area (Å²) in [5.74, 6) is 1.24. The first-order chi connectivity index (χ1) is 9.28. The summed E-state index contributed by atoms with van der Waals surface area (Å²) in [4.78, 5) is 7.68. The number of aliphatic imine (C=N–C) groups is 1. The van der Waals surface area contributed by atoms with Crippen LogP contribution < -0.4 is 5.32 Å². The van der Waals surface area contributed by atoms with Crippen molar-refractivity contribution in [3.8, 4) is 0 Å². The van der Waals surface area contributed by atoms with Gasteiger partial charge in [-0.3, -0.25) is 0 Å². The van der Waals surface area contributed by atoms with Crippen molar-refractivity contribution in [2.75, 3.05) is 0 Å². The number of piperidine rings is 1. The van der Waals surface area contributed by atoms with Crippen molar-refractivity contribution >= 4 is 5.96 Å². The molecule has 3 heteroatoms. The summed E-state index contributed by atoms with van der Waals surface area (Å²) in [5.41, 5.74) is 0. The number of nitrogens with zero attached hydrogens (tertiary/aromatic N) is 2. The van der Waals surface area contributed by atoms with Crippen LogP contribution in [0.25, 0.3) is 0 Å². The first kappa shape index (κ1) is 13.3. The van der Waals surface area contributed by atoms with Crippen LogP contribution >= 0.6 is 0 Å². The van der Waals surface area contributed by atoms with E-state index in [0.29, 0.717) is 12.1 Å². The van der Waals surface area contributed by atoms with Crippen molar-refractivity contribution in [1.82, 2.24) is 10.2 Å². The fourth-order valence-electron chi connectivity index (χ4n) is 4.19. The Morgan fingerprint density at radius 3 is 2.79 bits per heavy atom. The van der Waals surface area contributed by atoms with E-state index in [1.807, 2.05) is 0 Å². The third kappa shape index (κ3) is 2.75. The van der Waals surface area contributed by atoms with Gasteiger partial charge < -0.3 is 10.2 Å². The first-order valence-electron chi connectivity index (χ1n) is 8.40. The Kier molecular flexibility index (Phi) is 3.99. The molecule has 0 saturated carbocycles. The Hall–Kier alpha value is -0.730. The molecular weight excluding hydrogens is 234 g/mol. The molecule has 2 saturated heterocycles. The van der Waals surface area contributed by atoms with E-state index < -0.39 is 0 Å². The highest BCUT2D eigenvalue weighted by Crippen LogP contribution is 2.35. The molecule has 3 nitrogen and oxygen atoms in total. The van der Waals surface area contributed by atoms with Gasteiger partial charge in [0, 0.05) is 18.1 Å². The summed E-state index contributed by atoms with van der Waals surface area (Å²) < 4.78 is 0. The van der Waals surface area contributed by atoms with Gasteiger partial charge in [0.15, 0.2) is 5.96 Å². The van der Waals surface area contributed by atoms with Crippen LogP contribution in [0.2, 0.25) is 0 Å². The molecule has 4 unspecified atom stereocenters. The van der Waals surface area contributed by atoms with Crippen LogP contribution in [0.1, 0.15) is 71.6 Å². The maximum absolute atomic E-state index is 5.04. The standard InChI is InChI=1S/C16H29N3/c1-3-4-5-7-13-11-15-9-6-8-14-10-12(2)17-16(18-13)19(14)15/h12-15H,3-11H2,1-2H3,(H,17,18). The van der Waals surface area contributed by atoms with Gasteiger partial charge in [0.2, 0.25) is 0 Å². The molecule has 0 spiro atoms. The zero-order valence-corrected chi connectivity index (χ0v) is 12.6. The molecule has 3 heterocycles. The van der Waals surface area contributed by atoms with Gasteiger partial charge in [-0.1, -0.05) is 26.2 Å². The summed E-state index contributed by atoms with van der Waals surface area (Å²) >= 11 is 0. The second-order valence-electron chi connectivity index (χ2n) is 6.76. The molecule has 0 bridgehead atoms. The van der Waals surface area contributed by atoms with Crippen LogP contribution in [0, 0.1) is 0 Å². The largest absolute Gasteiger partial charge is 0.354 e. The molecular formula is C16H29N3. The highest BCUT2D eigenvalue weighted by atomic mass is 15.4. The molecule has 108 valence electrons. The van der Waals surface area contributed by atoms with E-state index in [4.69, 9.17) is 4.99 Å². The monoisotopic (exact) mass is 263 g/mol. The average molecular weight is 263 g/mol. The lowest BCUT2D eigenvalue weighted by atomic mass is 9.85. The van der Waals surface area contributed by atoms with Crippen LogP contribution in [0.15, 0.2) is 4.99 Å². The van der Waals surface area contributed by atoms with Gasteiger partial charge in [0.25, 0.3) is 0 Å². The number of hydrogen-bond acceptors (Lipinski definition) is 3. The van der Waals surface area contributed by atoms with Crippen LogP contribution in [0.3, 0.4) is 0 Å². The molecule has 3 aliphatic rings. The van der Waals surface area contributed by atoms with Gasteiger partial charge >= 0.3 is 0 Å². The maximum Gasteiger partial charge on any atom is 0.194 e. The van der Waals surface area contributed by atoms with E-state index in [0.717, 1.165) is 12.1 Å². The predicted octanol–water partition coefficient (Wildman–Crippen LogP) is 3.30. The minimum atomic E-state index is 0.583. The summed E-state index contributed by atoms with van der Waals surface area (Å²) in [6.45, 7) is 4.59. The van der Waals surface area contributed by atoms with Gasteiger partial charge in [0.1, 0.15) is 0 Å². The van der Waals surface area contributed by atoms with Crippen molar-refractivity contribution in [3.63, 3.8) is 0 Å². The normalized spacial score (nSPS) is 37.4. The fraction of sp³-hybridized carbons (Fsp3) is 0.938. The van der Waals surface area contributed by atoms with Gasteiger partial charge in [-0.15, -0.1) is 0 Å². The lowest BCUT2D eigenvalue weighted by Gasteiger charge is -2.52. The molecule has 0 amide bonds. The van der Waals surface area contributed by atoms with Crippen molar-refractivity contribution in [2.24, 2.45) is 4.99 Å². The van der Waals surface area contributed by atoms with Crippen molar-refractivity contribution < 1.29 is 0 Å². The summed E-state index contributed by atoms with van der Waals surface area (Å²) in [6.07, 6.45) is 12.1. The minimum absolute atomic E-state index is 0.583. The van der Waals surface area contributed by atoms with Crippen LogP contribution in [0.4, 0.5) is 0 Å². The Morgan fingerprint density at radius 2 is 2.00 bits per heavy atom. The first-order valence-corrected chi connectivity index (χ1v) is 8.40. The Labute approximate surface area is 117 Å². The molecule has 2 fully saturated rings. The summed E-state index contributed by atoms with van der Waals surface area (Å²) in [5, 5.41) is 3.64. The third-order valence-corrected chi connectivity index (χ3v) is 5.10. The quantitative estimate of drug-likeness (QED) is 0.788. The number of nitrogens with one attached hydrogen (secondary N) is 1. The van der Waals surface area contributed by atoms with Crippen molar-refractivity contribution in [2.45, 2.75) is 95.8 Å². The summed E-state index contributed by atoms with van der Waals surface area (Å²) in [6, 6.07) is 2.73. The highest BCUT2D eigenvalue weighted by molar-refractivity contribution is 5.82. The maximum atomic E-state index is 5.04. The van der Waals surface area contributed by atoms with Crippen molar-refractivity contribution in [3.05, 3.63) is 0 Å². The fourth-order valence-corrected chi connectivity index (χ4v) is 4.19. The Balaban J connectivity index is 1.71. The molecule has 3 rings (SSSR count). The zero-order chi connectivity index (χ0) is 13.2. The molecule has 3 aliphatic heterocycles. The second-order valence-corrected chi connectivity index (χ2v) is 6.76. The summed E-state index contributed by atoms with van der Waals surface area (Å²) in [7, 11) is 0. The molecule has 4 atom stereocenters. The smallest absolute Gasteiger partial charge is 0.194 e. The van der Waals surface area contributed by atoms with Gasteiger partial charge in [-0.05, 0) is 45.4 Å². The average Bonchev–Trinajstić information content (AvgIpc) is 2.38. The van der Waals surface area contributed by atoms with E-state index >= 15 is 0 Å². The Morgan fingerprint density at radius 1 is 1.21 bits per heavy atom. The van der Waals surface area contributed by atoms with Crippen LogP contribution in [-0.4, -0.2) is 35.0 Å². The third-order valence-electron chi connectivity index (χ3n) is 5.10. The molecule has 0 aromatic rings. The van der Waals surface area contributed by atoms with E-state index in [1.165, 1.54) is 63.7 Å². The van der Waals surface area contributed by atoms with Crippen molar-refractivity contribution in [1.29, 1.82) is 0 Å². The van der Waals surface area contributed by atoms with Crippen LogP contribution in [0.5, 0.6) is 0 Å². The Bertz CT molecular complexity index is 339. The van der Waals surface area contributed by atoms with Crippen LogP contribution in [-0.2, 0) is 0 Å². The van der Waals surface area contributed by atoms with E-state index in [2.05, 4.69) is 24.1 Å². The van der Waals surface area contributed by atoms with E-state index in [9.17, 15) is 0 Å². The topological polar surface area (TPSA) is 27.6 Å². The molecule has 0 radical (unpaired) electrons. The number of unbranched alkanes of at least 4 members (excludes halogenated alkanes) is 2. The molecule has 19 heavy (non-hydrogen) atoms. The molecule has 0 aromatic carbocycles. The number of hydrogen-bond donors (Lipinski definition) is 1. The predicted molar refractivity (Wildman–Crippen MR) is 80.5 cm³/mol. The van der Waals surface area contributed by atoms with Gasteiger partial charge in [-0.2, -0.15) is 0 Å².